The molecular weight excluding hydrogens is 450 g/mol. The van der Waals surface area contributed by atoms with Crippen LogP contribution < -0.4 is 10.6 Å². The lowest BCUT2D eigenvalue weighted by Crippen LogP contribution is -2.46. The molecule has 15 heteroatoms. The Labute approximate surface area is 174 Å². The number of carbonyl (C=O) groups is 2. The zero-order valence-electron chi connectivity index (χ0n) is 16.8. The molecule has 0 fully saturated rings. The number of aliphatic hydroxyl groups is 1. The van der Waals surface area contributed by atoms with Crippen molar-refractivity contribution in [1.29, 1.82) is 0 Å². The summed E-state index contributed by atoms with van der Waals surface area (Å²) in [5, 5.41) is 15.2. The highest BCUT2D eigenvalue weighted by Gasteiger charge is 2.39. The predicted octanol–water partition coefficient (Wildman–Crippen LogP) is 0.629. The Balaban J connectivity index is 4.44. The molecule has 0 rings (SSSR count). The zero-order chi connectivity index (χ0) is 22.7. The first kappa shape index (κ1) is 28.5. The van der Waals surface area contributed by atoms with Crippen LogP contribution in [-0.4, -0.2) is 71.1 Å². The molecule has 0 aliphatic rings. The molecule has 5 N–H and O–H groups in total. The van der Waals surface area contributed by atoms with E-state index < -0.39 is 39.7 Å². The van der Waals surface area contributed by atoms with Gasteiger partial charge >= 0.3 is 15.6 Å². The molecule has 3 atom stereocenters. The average molecular weight is 480 g/mol. The second-order valence-corrected chi connectivity index (χ2v) is 11.0. The highest BCUT2D eigenvalue weighted by molar-refractivity contribution is 7.99. The molecule has 0 aliphatic heterocycles. The van der Waals surface area contributed by atoms with Crippen molar-refractivity contribution in [2.75, 3.05) is 38.3 Å². The molecule has 0 saturated heterocycles. The lowest BCUT2D eigenvalue weighted by Gasteiger charge is -2.29. The van der Waals surface area contributed by atoms with Crippen LogP contribution in [0.3, 0.4) is 0 Å². The van der Waals surface area contributed by atoms with E-state index in [0.717, 1.165) is 18.6 Å². The fourth-order valence-electron chi connectivity index (χ4n) is 1.76. The van der Waals surface area contributed by atoms with Crippen LogP contribution in [0.1, 0.15) is 27.2 Å². The third kappa shape index (κ3) is 12.7. The summed E-state index contributed by atoms with van der Waals surface area (Å²) in [5.41, 5.74) is -1.36. The Morgan fingerprint density at radius 2 is 1.76 bits per heavy atom. The van der Waals surface area contributed by atoms with Crippen LogP contribution in [0, 0.1) is 5.41 Å². The highest BCUT2D eigenvalue weighted by Crippen LogP contribution is 2.60. The normalized spacial score (nSPS) is 17.1. The van der Waals surface area contributed by atoms with E-state index in [2.05, 4.69) is 24.0 Å². The molecule has 0 radical (unpaired) electrons. The molecule has 172 valence electrons. The van der Waals surface area contributed by atoms with E-state index in [1.165, 1.54) is 13.8 Å². The lowest BCUT2D eigenvalue weighted by molar-refractivity contribution is -0.137. The number of nitrogens with one attached hydrogen (secondary N) is 2. The van der Waals surface area contributed by atoms with Crippen LogP contribution in [0.2, 0.25) is 0 Å². The third-order valence-electron chi connectivity index (χ3n) is 3.45. The van der Waals surface area contributed by atoms with Crippen LogP contribution in [-0.2, 0) is 32.1 Å². The van der Waals surface area contributed by atoms with Gasteiger partial charge in [0, 0.05) is 37.8 Å². The van der Waals surface area contributed by atoms with Gasteiger partial charge in [-0.3, -0.25) is 18.6 Å². The highest BCUT2D eigenvalue weighted by atomic mass is 32.2. The largest absolute Gasteiger partial charge is 0.481 e. The van der Waals surface area contributed by atoms with Gasteiger partial charge in [0.25, 0.3) is 0 Å². The van der Waals surface area contributed by atoms with Crippen molar-refractivity contribution in [3.63, 3.8) is 0 Å². The molecule has 0 aromatic rings. The van der Waals surface area contributed by atoms with E-state index in [4.69, 9.17) is 4.89 Å². The second-order valence-electron chi connectivity index (χ2n) is 6.45. The maximum absolute atomic E-state index is 12.1. The zero-order valence-corrected chi connectivity index (χ0v) is 19.4. The van der Waals surface area contributed by atoms with Crippen LogP contribution in [0.15, 0.2) is 0 Å². The number of amides is 2. The summed E-state index contributed by atoms with van der Waals surface area (Å²) in [6, 6.07) is 0. The molecule has 0 aromatic carbocycles. The van der Waals surface area contributed by atoms with Crippen molar-refractivity contribution in [2.24, 2.45) is 5.41 Å². The minimum Gasteiger partial charge on any atom is -0.383 e. The molecule has 0 aliphatic carbocycles. The van der Waals surface area contributed by atoms with Gasteiger partial charge in [-0.1, -0.05) is 20.8 Å². The Kier molecular flexibility index (Phi) is 12.8. The number of carbonyl (C=O) groups excluding carboxylic acids is 2. The van der Waals surface area contributed by atoms with E-state index in [9.17, 15) is 28.7 Å². The Morgan fingerprint density at radius 1 is 1.14 bits per heavy atom. The van der Waals surface area contributed by atoms with Crippen molar-refractivity contribution in [3.8, 4) is 0 Å². The minimum atomic E-state index is -4.98. The third-order valence-corrected chi connectivity index (χ3v) is 6.92. The van der Waals surface area contributed by atoms with E-state index in [1.54, 1.807) is 11.8 Å². The van der Waals surface area contributed by atoms with Gasteiger partial charge in [0.15, 0.2) is 0 Å². The van der Waals surface area contributed by atoms with Gasteiger partial charge in [0.1, 0.15) is 6.10 Å². The Bertz CT molecular complexity index is 634. The summed E-state index contributed by atoms with van der Waals surface area (Å²) in [4.78, 5) is 42.2. The number of thioether (sulfide) groups is 1. The summed E-state index contributed by atoms with van der Waals surface area (Å²) in [5.74, 6) is 0.679. The number of phosphoric ester groups is 2. The number of aliphatic hydroxyl groups excluding tert-OH is 1. The first-order chi connectivity index (χ1) is 13.3. The van der Waals surface area contributed by atoms with Gasteiger partial charge in [0.05, 0.1) is 6.61 Å². The SMILES string of the molecule is CCSCCNC(=O)CCNC(=O)C(O)C(C)(C)COP(=O)(O)OP(=O)(O)OC. The number of hydrogen-bond donors (Lipinski definition) is 5. The van der Waals surface area contributed by atoms with E-state index >= 15 is 0 Å². The number of hydrogen-bond acceptors (Lipinski definition) is 9. The van der Waals surface area contributed by atoms with E-state index in [-0.39, 0.29) is 18.9 Å². The Morgan fingerprint density at radius 3 is 2.31 bits per heavy atom. The van der Waals surface area contributed by atoms with Crippen LogP contribution in [0.4, 0.5) is 0 Å². The van der Waals surface area contributed by atoms with Crippen LogP contribution in [0.25, 0.3) is 0 Å². The molecule has 2 amide bonds. The fourth-order valence-corrected chi connectivity index (χ4v) is 4.29. The van der Waals surface area contributed by atoms with E-state index in [1.807, 2.05) is 6.92 Å². The van der Waals surface area contributed by atoms with Crippen molar-refractivity contribution < 1.29 is 47.0 Å². The van der Waals surface area contributed by atoms with E-state index in [0.29, 0.717) is 6.54 Å². The first-order valence-electron chi connectivity index (χ1n) is 8.63. The van der Waals surface area contributed by atoms with Gasteiger partial charge in [0.2, 0.25) is 11.8 Å². The molecule has 0 spiro atoms. The van der Waals surface area contributed by atoms with Crippen molar-refractivity contribution >= 4 is 39.2 Å². The number of phosphoric acid groups is 2. The van der Waals surface area contributed by atoms with Gasteiger partial charge < -0.3 is 25.5 Å². The summed E-state index contributed by atoms with van der Waals surface area (Å²) < 4.78 is 35.5. The second kappa shape index (κ2) is 13.0. The molecular formula is C14H30N2O10P2S. The quantitative estimate of drug-likeness (QED) is 0.164. The molecule has 0 heterocycles. The molecule has 0 aromatic heterocycles. The first-order valence-corrected chi connectivity index (χ1v) is 12.8. The van der Waals surface area contributed by atoms with Crippen molar-refractivity contribution in [2.45, 2.75) is 33.3 Å². The predicted molar refractivity (Wildman–Crippen MR) is 107 cm³/mol. The number of rotatable bonds is 15. The minimum absolute atomic E-state index is 0.0112. The topological polar surface area (TPSA) is 181 Å². The molecule has 3 unspecified atom stereocenters. The standard InChI is InChI=1S/C14H30N2O10P2S/c1-5-29-9-8-15-11(17)6-7-16-13(19)12(18)14(2,3)10-25-28(22,23)26-27(20,21)24-4/h12,18H,5-10H2,1-4H3,(H,15,17)(H,16,19)(H,20,21)(H,22,23). The lowest BCUT2D eigenvalue weighted by atomic mass is 9.87. The van der Waals surface area contributed by atoms with Crippen molar-refractivity contribution in [3.05, 3.63) is 0 Å². The van der Waals surface area contributed by atoms with Crippen molar-refractivity contribution in [1.82, 2.24) is 10.6 Å². The van der Waals surface area contributed by atoms with Gasteiger partial charge in [-0.15, -0.1) is 0 Å². The van der Waals surface area contributed by atoms with Gasteiger partial charge in [-0.05, 0) is 5.75 Å². The Hall–Kier alpha value is -0.490. The smallest absolute Gasteiger partial charge is 0.383 e. The monoisotopic (exact) mass is 480 g/mol. The summed E-state index contributed by atoms with van der Waals surface area (Å²) in [7, 11) is -8.96. The van der Waals surface area contributed by atoms with Gasteiger partial charge in [-0.2, -0.15) is 16.1 Å². The maximum Gasteiger partial charge on any atom is 0.481 e. The van der Waals surface area contributed by atoms with Crippen LogP contribution in [0.5, 0.6) is 0 Å². The molecule has 0 bridgehead atoms. The maximum atomic E-state index is 12.1. The molecule has 29 heavy (non-hydrogen) atoms. The molecule has 0 saturated carbocycles. The molecule has 12 nitrogen and oxygen atoms in total. The summed E-state index contributed by atoms with van der Waals surface area (Å²) >= 11 is 1.68. The van der Waals surface area contributed by atoms with Gasteiger partial charge in [-0.25, -0.2) is 9.13 Å². The summed E-state index contributed by atoms with van der Waals surface area (Å²) in [6.45, 7) is 4.59. The average Bonchev–Trinajstić information content (AvgIpc) is 2.62. The fraction of sp³-hybridized carbons (Fsp3) is 0.857. The van der Waals surface area contributed by atoms with Crippen LogP contribution >= 0.6 is 27.4 Å². The summed E-state index contributed by atoms with van der Waals surface area (Å²) in [6.07, 6.45) is -1.64.